The molecule has 0 aliphatic heterocycles. The number of carbonyl (C=O) groups is 2. The van der Waals surface area contributed by atoms with E-state index in [2.05, 4.69) is 37.5 Å². The van der Waals surface area contributed by atoms with Crippen LogP contribution in [0.1, 0.15) is 73.2 Å². The molecule has 0 atom stereocenters. The first-order chi connectivity index (χ1) is 15.3. The van der Waals surface area contributed by atoms with Crippen LogP contribution in [0.25, 0.3) is 16.7 Å². The zero-order chi connectivity index (χ0) is 23.2. The van der Waals surface area contributed by atoms with E-state index in [1.54, 1.807) is 0 Å². The second-order valence-electron chi connectivity index (χ2n) is 9.03. The van der Waals surface area contributed by atoms with E-state index < -0.39 is 0 Å². The van der Waals surface area contributed by atoms with E-state index in [1.165, 1.54) is 38.5 Å². The van der Waals surface area contributed by atoms with Crippen molar-refractivity contribution in [1.82, 2.24) is 9.55 Å². The van der Waals surface area contributed by atoms with E-state index in [1.807, 2.05) is 26.8 Å². The van der Waals surface area contributed by atoms with Gasteiger partial charge in [-0.1, -0.05) is 31.5 Å². The maximum absolute atomic E-state index is 12.9. The van der Waals surface area contributed by atoms with Crippen molar-refractivity contribution in [3.63, 3.8) is 0 Å². The van der Waals surface area contributed by atoms with Gasteiger partial charge >= 0.3 is 0 Å². The molecule has 1 aromatic carbocycles. The number of anilines is 1. The predicted octanol–water partition coefficient (Wildman–Crippen LogP) is 5.82. The molecule has 0 bridgehead atoms. The summed E-state index contributed by atoms with van der Waals surface area (Å²) in [6.45, 7) is 12.0. The Kier molecular flexibility index (Phi) is 5.93. The number of hydrogen-bond acceptors (Lipinski definition) is 3. The lowest BCUT2D eigenvalue weighted by molar-refractivity contribution is -0.126. The lowest BCUT2D eigenvalue weighted by Gasteiger charge is -2.22. The summed E-state index contributed by atoms with van der Waals surface area (Å²) < 4.78 is 2.31. The van der Waals surface area contributed by atoms with Crippen molar-refractivity contribution in [2.24, 2.45) is 0 Å². The molecule has 5 nitrogen and oxygen atoms in total. The molecule has 168 valence electrons. The fourth-order valence-electron chi connectivity index (χ4n) is 5.29. The summed E-state index contributed by atoms with van der Waals surface area (Å²) in [4.78, 5) is 32.3. The topological polar surface area (TPSA) is 55.2 Å². The number of amides is 2. The Morgan fingerprint density at radius 1 is 0.938 bits per heavy atom. The number of pyridine rings is 1. The number of hydrogen-bond donors (Lipinski definition) is 0. The lowest BCUT2D eigenvalue weighted by Crippen LogP contribution is -2.36. The summed E-state index contributed by atoms with van der Waals surface area (Å²) in [5.41, 5.74) is 9.72. The second kappa shape index (κ2) is 8.53. The highest BCUT2D eigenvalue weighted by atomic mass is 16.2. The third-order valence-corrected chi connectivity index (χ3v) is 6.53. The highest BCUT2D eigenvalue weighted by molar-refractivity contribution is 6.19. The van der Waals surface area contributed by atoms with Gasteiger partial charge in [0.05, 0.1) is 11.4 Å². The standard InChI is InChI=1S/C27H33N3O2/c1-7-23(31)29(24(32)8-2)22-15-19(6)28-27-25(22)20-11-9-10-12-21(20)30(27)26-17(4)13-16(3)14-18(26)5/h13-15H,7-12H2,1-6H3. The van der Waals surface area contributed by atoms with Gasteiger partial charge in [0.25, 0.3) is 0 Å². The average molecular weight is 432 g/mol. The van der Waals surface area contributed by atoms with Crippen LogP contribution in [0.3, 0.4) is 0 Å². The minimum absolute atomic E-state index is 0.163. The molecule has 0 saturated heterocycles. The number of imide groups is 1. The van der Waals surface area contributed by atoms with Gasteiger partial charge in [-0.2, -0.15) is 0 Å². The van der Waals surface area contributed by atoms with Crippen LogP contribution >= 0.6 is 0 Å². The Bertz CT molecular complexity index is 1200. The van der Waals surface area contributed by atoms with Gasteiger partial charge in [-0.3, -0.25) is 14.2 Å². The highest BCUT2D eigenvalue weighted by Gasteiger charge is 2.30. The number of carbonyl (C=O) groups excluding carboxylic acids is 2. The van der Waals surface area contributed by atoms with Gasteiger partial charge in [0.15, 0.2) is 0 Å². The summed E-state index contributed by atoms with van der Waals surface area (Å²) in [5, 5.41) is 0.966. The van der Waals surface area contributed by atoms with Gasteiger partial charge in [0.2, 0.25) is 11.8 Å². The van der Waals surface area contributed by atoms with Crippen LogP contribution in [0.4, 0.5) is 5.69 Å². The van der Waals surface area contributed by atoms with Crippen LogP contribution in [0.15, 0.2) is 18.2 Å². The van der Waals surface area contributed by atoms with Crippen LogP contribution < -0.4 is 4.90 Å². The Hall–Kier alpha value is -2.95. The number of nitrogens with zero attached hydrogens (tertiary/aromatic N) is 3. The summed E-state index contributed by atoms with van der Waals surface area (Å²) in [6.07, 6.45) is 4.72. The Morgan fingerprint density at radius 2 is 1.53 bits per heavy atom. The minimum atomic E-state index is -0.163. The van der Waals surface area contributed by atoms with Crippen LogP contribution in [0.2, 0.25) is 0 Å². The zero-order valence-electron chi connectivity index (χ0n) is 20.1. The molecule has 2 aromatic heterocycles. The third-order valence-electron chi connectivity index (χ3n) is 6.53. The molecule has 1 aliphatic carbocycles. The Balaban J connectivity index is 2.14. The number of aromatic nitrogens is 2. The SMILES string of the molecule is CCC(=O)N(C(=O)CC)c1cc(C)nc2c1c1c(n2-c2c(C)cc(C)cc2C)CCCC1. The van der Waals surface area contributed by atoms with Crippen molar-refractivity contribution in [2.45, 2.75) is 80.1 Å². The predicted molar refractivity (Wildman–Crippen MR) is 130 cm³/mol. The van der Waals surface area contributed by atoms with Crippen molar-refractivity contribution in [3.8, 4) is 5.69 Å². The molecule has 1 aliphatic rings. The van der Waals surface area contributed by atoms with Gasteiger partial charge in [0.1, 0.15) is 5.65 Å². The van der Waals surface area contributed by atoms with Gasteiger partial charge in [-0.15, -0.1) is 0 Å². The number of aryl methyl sites for hydroxylation is 5. The van der Waals surface area contributed by atoms with Crippen molar-refractivity contribution in [2.75, 3.05) is 4.90 Å². The van der Waals surface area contributed by atoms with E-state index in [-0.39, 0.29) is 24.7 Å². The minimum Gasteiger partial charge on any atom is -0.297 e. The Labute approximate surface area is 190 Å². The normalized spacial score (nSPS) is 13.3. The zero-order valence-corrected chi connectivity index (χ0v) is 20.1. The third kappa shape index (κ3) is 3.54. The van der Waals surface area contributed by atoms with Crippen LogP contribution in [0.5, 0.6) is 0 Å². The molecule has 3 aromatic rings. The van der Waals surface area contributed by atoms with Crippen LogP contribution in [0, 0.1) is 27.7 Å². The molecule has 5 heteroatoms. The Morgan fingerprint density at radius 3 is 2.12 bits per heavy atom. The van der Waals surface area contributed by atoms with Crippen LogP contribution in [-0.2, 0) is 22.4 Å². The summed E-state index contributed by atoms with van der Waals surface area (Å²) in [5.74, 6) is -0.326. The fraction of sp³-hybridized carbons (Fsp3) is 0.444. The molecule has 32 heavy (non-hydrogen) atoms. The second-order valence-corrected chi connectivity index (χ2v) is 9.03. The molecular weight excluding hydrogens is 398 g/mol. The van der Waals surface area contributed by atoms with E-state index in [0.29, 0.717) is 5.69 Å². The molecular formula is C27H33N3O2. The van der Waals surface area contributed by atoms with E-state index in [4.69, 9.17) is 4.98 Å². The van der Waals surface area contributed by atoms with Gasteiger partial charge in [0, 0.05) is 29.6 Å². The van der Waals surface area contributed by atoms with E-state index in [9.17, 15) is 9.59 Å². The number of fused-ring (bicyclic) bond motifs is 3. The molecule has 0 spiro atoms. The molecule has 0 unspecified atom stereocenters. The lowest BCUT2D eigenvalue weighted by atomic mass is 9.94. The first-order valence-corrected chi connectivity index (χ1v) is 11.8. The summed E-state index contributed by atoms with van der Waals surface area (Å²) in [6, 6.07) is 6.35. The largest absolute Gasteiger partial charge is 0.297 e. The highest BCUT2D eigenvalue weighted by Crippen LogP contribution is 2.41. The van der Waals surface area contributed by atoms with Gasteiger partial charge in [-0.25, -0.2) is 9.88 Å². The van der Waals surface area contributed by atoms with Crippen molar-refractivity contribution >= 4 is 28.5 Å². The first-order valence-electron chi connectivity index (χ1n) is 11.8. The average Bonchev–Trinajstić information content (AvgIpc) is 3.07. The van der Waals surface area contributed by atoms with Crippen molar-refractivity contribution < 1.29 is 9.59 Å². The monoisotopic (exact) mass is 431 g/mol. The molecule has 2 heterocycles. The van der Waals surface area contributed by atoms with Gasteiger partial charge < -0.3 is 0 Å². The fourth-order valence-corrected chi connectivity index (χ4v) is 5.29. The summed E-state index contributed by atoms with van der Waals surface area (Å²) >= 11 is 0. The van der Waals surface area contributed by atoms with E-state index in [0.717, 1.165) is 42.4 Å². The molecule has 0 N–H and O–H groups in total. The molecule has 0 fully saturated rings. The van der Waals surface area contributed by atoms with Crippen molar-refractivity contribution in [3.05, 3.63) is 51.8 Å². The number of benzene rings is 1. The van der Waals surface area contributed by atoms with E-state index >= 15 is 0 Å². The van der Waals surface area contributed by atoms with Crippen LogP contribution in [-0.4, -0.2) is 21.4 Å². The smallest absolute Gasteiger partial charge is 0.233 e. The molecule has 0 saturated carbocycles. The van der Waals surface area contributed by atoms with Gasteiger partial charge in [-0.05, 0) is 76.1 Å². The maximum atomic E-state index is 12.9. The maximum Gasteiger partial charge on any atom is 0.233 e. The first kappa shape index (κ1) is 22.3. The quantitative estimate of drug-likeness (QED) is 0.523. The molecule has 4 rings (SSSR count). The number of rotatable bonds is 4. The van der Waals surface area contributed by atoms with Crippen molar-refractivity contribution in [1.29, 1.82) is 0 Å². The molecule has 2 amide bonds. The summed E-state index contributed by atoms with van der Waals surface area (Å²) in [7, 11) is 0. The molecule has 0 radical (unpaired) electrons.